The van der Waals surface area contributed by atoms with Crippen LogP contribution in [0, 0.1) is 0 Å². The molecule has 0 amide bonds. The molecule has 0 atom stereocenters. The van der Waals surface area contributed by atoms with Crippen LogP contribution in [-0.2, 0) is 12.7 Å². The summed E-state index contributed by atoms with van der Waals surface area (Å²) in [6.45, 7) is 0.105. The fraction of sp³-hybridized carbons (Fsp3) is 0.400. The van der Waals surface area contributed by atoms with Gasteiger partial charge in [0, 0.05) is 31.5 Å². The van der Waals surface area contributed by atoms with E-state index in [0.29, 0.717) is 0 Å². The van der Waals surface area contributed by atoms with Gasteiger partial charge in [0.1, 0.15) is 0 Å². The molecule has 1 aromatic heterocycles. The number of alkyl halides is 3. The SMILES string of the molecule is CN(C)c1ccc(Cn2c(Nc3cccc(C(F)(F)F)c3)nc(=O)n(C3CCCCC3)c2=O)cc1. The van der Waals surface area contributed by atoms with Gasteiger partial charge in [0.05, 0.1) is 12.1 Å². The Morgan fingerprint density at radius 2 is 1.71 bits per heavy atom. The van der Waals surface area contributed by atoms with E-state index in [1.54, 1.807) is 0 Å². The third-order valence-corrected chi connectivity index (χ3v) is 6.28. The summed E-state index contributed by atoms with van der Waals surface area (Å²) in [6.07, 6.45) is -0.188. The highest BCUT2D eigenvalue weighted by Gasteiger charge is 2.30. The fourth-order valence-electron chi connectivity index (χ4n) is 4.38. The molecule has 0 radical (unpaired) electrons. The van der Waals surface area contributed by atoms with Crippen molar-refractivity contribution in [3.63, 3.8) is 0 Å². The van der Waals surface area contributed by atoms with E-state index in [0.717, 1.165) is 55.5 Å². The lowest BCUT2D eigenvalue weighted by molar-refractivity contribution is -0.137. The molecule has 0 unspecified atom stereocenters. The molecule has 0 saturated heterocycles. The molecular weight excluding hydrogens is 459 g/mol. The van der Waals surface area contributed by atoms with Gasteiger partial charge >= 0.3 is 17.6 Å². The van der Waals surface area contributed by atoms with E-state index in [1.165, 1.54) is 21.3 Å². The van der Waals surface area contributed by atoms with Crippen LogP contribution in [0.3, 0.4) is 0 Å². The first-order valence-electron chi connectivity index (χ1n) is 11.6. The number of benzene rings is 2. The summed E-state index contributed by atoms with van der Waals surface area (Å²) >= 11 is 0. The Morgan fingerprint density at radius 3 is 2.34 bits per heavy atom. The third-order valence-electron chi connectivity index (χ3n) is 6.28. The zero-order valence-electron chi connectivity index (χ0n) is 19.7. The van der Waals surface area contributed by atoms with Crippen molar-refractivity contribution >= 4 is 17.3 Å². The lowest BCUT2D eigenvalue weighted by Crippen LogP contribution is -2.45. The van der Waals surface area contributed by atoms with Gasteiger partial charge in [0.2, 0.25) is 5.95 Å². The van der Waals surface area contributed by atoms with Gasteiger partial charge in [-0.05, 0) is 48.7 Å². The van der Waals surface area contributed by atoms with Crippen LogP contribution < -0.4 is 21.6 Å². The minimum Gasteiger partial charge on any atom is -0.378 e. The van der Waals surface area contributed by atoms with E-state index >= 15 is 0 Å². The molecule has 0 spiro atoms. The van der Waals surface area contributed by atoms with Crippen LogP contribution in [0.15, 0.2) is 58.1 Å². The third kappa shape index (κ3) is 5.58. The van der Waals surface area contributed by atoms with Crippen molar-refractivity contribution in [2.24, 2.45) is 0 Å². The van der Waals surface area contributed by atoms with E-state index in [4.69, 9.17) is 0 Å². The van der Waals surface area contributed by atoms with Crippen molar-refractivity contribution in [3.8, 4) is 0 Å². The second-order valence-corrected chi connectivity index (χ2v) is 9.01. The predicted octanol–water partition coefficient (Wildman–Crippen LogP) is 4.79. The monoisotopic (exact) mass is 487 g/mol. The summed E-state index contributed by atoms with van der Waals surface area (Å²) in [4.78, 5) is 32.5. The van der Waals surface area contributed by atoms with Crippen molar-refractivity contribution in [1.29, 1.82) is 0 Å². The maximum atomic E-state index is 13.6. The van der Waals surface area contributed by atoms with Crippen molar-refractivity contribution in [3.05, 3.63) is 80.6 Å². The Morgan fingerprint density at radius 1 is 1.03 bits per heavy atom. The summed E-state index contributed by atoms with van der Waals surface area (Å²) in [6, 6.07) is 11.9. The van der Waals surface area contributed by atoms with Gasteiger partial charge in [-0.3, -0.25) is 4.57 Å². The van der Waals surface area contributed by atoms with Gasteiger partial charge in [-0.25, -0.2) is 14.2 Å². The van der Waals surface area contributed by atoms with Crippen LogP contribution in [-0.4, -0.2) is 28.2 Å². The van der Waals surface area contributed by atoms with E-state index in [2.05, 4.69) is 10.3 Å². The molecule has 35 heavy (non-hydrogen) atoms. The highest BCUT2D eigenvalue weighted by atomic mass is 19.4. The van der Waals surface area contributed by atoms with E-state index in [-0.39, 0.29) is 24.2 Å². The zero-order chi connectivity index (χ0) is 25.2. The summed E-state index contributed by atoms with van der Waals surface area (Å²) in [5.41, 5.74) is -0.211. The van der Waals surface area contributed by atoms with Crippen LogP contribution >= 0.6 is 0 Å². The van der Waals surface area contributed by atoms with Gasteiger partial charge in [0.25, 0.3) is 0 Å². The molecule has 10 heteroatoms. The average Bonchev–Trinajstić information content (AvgIpc) is 2.82. The quantitative estimate of drug-likeness (QED) is 0.542. The highest BCUT2D eigenvalue weighted by molar-refractivity contribution is 5.55. The van der Waals surface area contributed by atoms with Crippen LogP contribution in [0.1, 0.15) is 49.3 Å². The minimum atomic E-state index is -4.52. The molecular formula is C25H28F3N5O2. The number of rotatable bonds is 6. The standard InChI is InChI=1S/C25H28F3N5O2/c1-31(2)20-13-11-17(12-14-20)16-32-22(29-19-8-6-7-18(15-19)25(26,27)28)30-23(34)33(24(32)35)21-9-4-3-5-10-21/h6-8,11-15,21H,3-5,9-10,16H2,1-2H3,(H,29,30,34). The largest absolute Gasteiger partial charge is 0.416 e. The van der Waals surface area contributed by atoms with Crippen LogP contribution in [0.4, 0.5) is 30.5 Å². The van der Waals surface area contributed by atoms with Gasteiger partial charge < -0.3 is 10.2 Å². The summed E-state index contributed by atoms with van der Waals surface area (Å²) in [5, 5.41) is 2.78. The Labute approximate surface area is 200 Å². The number of hydrogen-bond donors (Lipinski definition) is 1. The van der Waals surface area contributed by atoms with Gasteiger partial charge in [0.15, 0.2) is 0 Å². The molecule has 7 nitrogen and oxygen atoms in total. The first-order valence-corrected chi connectivity index (χ1v) is 11.6. The fourth-order valence-corrected chi connectivity index (χ4v) is 4.38. The Hall–Kier alpha value is -3.56. The molecule has 1 aliphatic carbocycles. The molecule has 1 N–H and O–H groups in total. The van der Waals surface area contributed by atoms with Crippen molar-refractivity contribution in [2.45, 2.75) is 50.9 Å². The molecule has 1 saturated carbocycles. The number of nitrogens with one attached hydrogen (secondary N) is 1. The molecule has 4 rings (SSSR count). The summed E-state index contributed by atoms with van der Waals surface area (Å²) in [7, 11) is 3.83. The maximum Gasteiger partial charge on any atom is 0.416 e. The van der Waals surface area contributed by atoms with Crippen molar-refractivity contribution < 1.29 is 13.2 Å². The molecule has 2 aromatic carbocycles. The number of halogens is 3. The topological polar surface area (TPSA) is 72.2 Å². The average molecular weight is 488 g/mol. The molecule has 0 bridgehead atoms. The van der Waals surface area contributed by atoms with Crippen LogP contribution in [0.2, 0.25) is 0 Å². The number of anilines is 3. The van der Waals surface area contributed by atoms with Gasteiger partial charge in [-0.15, -0.1) is 0 Å². The van der Waals surface area contributed by atoms with Gasteiger partial charge in [-0.1, -0.05) is 37.5 Å². The van der Waals surface area contributed by atoms with E-state index in [9.17, 15) is 22.8 Å². The first-order chi connectivity index (χ1) is 16.6. The molecule has 3 aromatic rings. The number of nitrogens with zero attached hydrogens (tertiary/aromatic N) is 4. The molecule has 1 fully saturated rings. The number of hydrogen-bond acceptors (Lipinski definition) is 5. The first kappa shape index (κ1) is 24.6. The molecule has 1 aliphatic rings. The molecule has 186 valence electrons. The number of aromatic nitrogens is 3. The molecule has 0 aliphatic heterocycles. The van der Waals surface area contributed by atoms with Crippen LogP contribution in [0.25, 0.3) is 0 Å². The van der Waals surface area contributed by atoms with Crippen molar-refractivity contribution in [2.75, 3.05) is 24.3 Å². The summed E-state index contributed by atoms with van der Waals surface area (Å²) in [5.74, 6) is -0.0944. The van der Waals surface area contributed by atoms with E-state index < -0.39 is 23.1 Å². The zero-order valence-corrected chi connectivity index (χ0v) is 19.7. The van der Waals surface area contributed by atoms with Gasteiger partial charge in [-0.2, -0.15) is 18.2 Å². The smallest absolute Gasteiger partial charge is 0.378 e. The minimum absolute atomic E-state index is 0.0817. The summed E-state index contributed by atoms with van der Waals surface area (Å²) < 4.78 is 42.1. The Kier molecular flexibility index (Phi) is 7.00. The second kappa shape index (κ2) is 9.97. The predicted molar refractivity (Wildman–Crippen MR) is 129 cm³/mol. The second-order valence-electron chi connectivity index (χ2n) is 9.01. The Bertz CT molecular complexity index is 1290. The van der Waals surface area contributed by atoms with Crippen molar-refractivity contribution in [1.82, 2.24) is 14.1 Å². The maximum absolute atomic E-state index is 13.6. The Balaban J connectivity index is 1.77. The highest BCUT2D eigenvalue weighted by Crippen LogP contribution is 2.31. The normalized spacial score (nSPS) is 14.7. The molecule has 1 heterocycles. The lowest BCUT2D eigenvalue weighted by Gasteiger charge is -2.24. The van der Waals surface area contributed by atoms with Crippen LogP contribution in [0.5, 0.6) is 0 Å². The lowest BCUT2D eigenvalue weighted by atomic mass is 9.95. The van der Waals surface area contributed by atoms with E-state index in [1.807, 2.05) is 43.3 Å².